The molecule has 1 amide bonds. The maximum Gasteiger partial charge on any atom is 0.338 e. The molecule has 1 atom stereocenters. The van der Waals surface area contributed by atoms with E-state index in [1.165, 1.54) is 0 Å². The van der Waals surface area contributed by atoms with Gasteiger partial charge in [-0.2, -0.15) is 5.26 Å². The highest BCUT2D eigenvalue weighted by molar-refractivity contribution is 5.92. The van der Waals surface area contributed by atoms with E-state index in [0.717, 1.165) is 25.9 Å². The van der Waals surface area contributed by atoms with Gasteiger partial charge in [0.15, 0.2) is 6.61 Å². The number of nitriles is 1. The molecule has 2 aliphatic rings. The fourth-order valence-corrected chi connectivity index (χ4v) is 3.65. The monoisotopic (exact) mass is 411 g/mol. The van der Waals surface area contributed by atoms with Crippen molar-refractivity contribution in [1.29, 1.82) is 5.26 Å². The van der Waals surface area contributed by atoms with Crippen LogP contribution in [-0.2, 0) is 19.1 Å². The van der Waals surface area contributed by atoms with Crippen molar-refractivity contribution in [3.63, 3.8) is 0 Å². The first-order chi connectivity index (χ1) is 14.5. The molecule has 0 aliphatic carbocycles. The van der Waals surface area contributed by atoms with E-state index in [4.69, 9.17) is 19.9 Å². The van der Waals surface area contributed by atoms with Crippen LogP contribution >= 0.6 is 0 Å². The Bertz CT molecular complexity index is 921. The van der Waals surface area contributed by atoms with Crippen molar-refractivity contribution in [2.75, 3.05) is 26.3 Å². The number of allylic oxidation sites excluding steroid dienone is 2. The molecular weight excluding hydrogens is 386 g/mol. The van der Waals surface area contributed by atoms with Crippen molar-refractivity contribution in [1.82, 2.24) is 4.90 Å². The Morgan fingerprint density at radius 1 is 1.27 bits per heavy atom. The molecule has 1 aromatic rings. The highest BCUT2D eigenvalue weighted by atomic mass is 16.5. The average Bonchev–Trinajstić information content (AvgIpc) is 3.27. The molecule has 2 N–H and O–H groups in total. The topological polar surface area (TPSA) is 115 Å². The van der Waals surface area contributed by atoms with Gasteiger partial charge in [-0.15, -0.1) is 0 Å². The maximum atomic E-state index is 12.5. The second kappa shape index (κ2) is 9.35. The third-order valence-electron chi connectivity index (χ3n) is 5.14. The van der Waals surface area contributed by atoms with E-state index in [1.54, 1.807) is 43.0 Å². The van der Waals surface area contributed by atoms with Crippen molar-refractivity contribution >= 4 is 11.9 Å². The van der Waals surface area contributed by atoms with Gasteiger partial charge in [0.25, 0.3) is 5.91 Å². The van der Waals surface area contributed by atoms with Crippen LogP contribution in [0, 0.1) is 11.3 Å². The lowest BCUT2D eigenvalue weighted by Gasteiger charge is -2.27. The van der Waals surface area contributed by atoms with Crippen LogP contribution in [0.3, 0.4) is 0 Å². The van der Waals surface area contributed by atoms with E-state index in [1.807, 2.05) is 6.07 Å². The van der Waals surface area contributed by atoms with E-state index < -0.39 is 11.9 Å². The molecular formula is C22H25N3O5. The Hall–Kier alpha value is -3.47. The minimum atomic E-state index is -0.705. The summed E-state index contributed by atoms with van der Waals surface area (Å²) in [6.45, 7) is 5.04. The number of likely N-dealkylation sites (tertiary alicyclic amines) is 1. The molecule has 30 heavy (non-hydrogen) atoms. The van der Waals surface area contributed by atoms with Crippen LogP contribution in [0.2, 0.25) is 0 Å². The molecule has 3 rings (SSSR count). The van der Waals surface area contributed by atoms with Crippen LogP contribution in [0.25, 0.3) is 0 Å². The Morgan fingerprint density at radius 2 is 1.93 bits per heavy atom. The summed E-state index contributed by atoms with van der Waals surface area (Å²) in [5, 5.41) is 9.60. The van der Waals surface area contributed by atoms with Gasteiger partial charge < -0.3 is 24.8 Å². The predicted octanol–water partition coefficient (Wildman–Crippen LogP) is 2.33. The molecule has 8 heteroatoms. The zero-order valence-electron chi connectivity index (χ0n) is 17.1. The van der Waals surface area contributed by atoms with E-state index in [2.05, 4.69) is 0 Å². The first kappa shape index (κ1) is 21.2. The predicted molar refractivity (Wildman–Crippen MR) is 108 cm³/mol. The minimum Gasteiger partial charge on any atom is -0.484 e. The summed E-state index contributed by atoms with van der Waals surface area (Å²) >= 11 is 0. The number of amides is 1. The Balaban J connectivity index is 1.80. The number of benzene rings is 1. The van der Waals surface area contributed by atoms with Crippen molar-refractivity contribution in [2.45, 2.75) is 32.6 Å². The molecule has 158 valence electrons. The fraction of sp³-hybridized carbons (Fsp3) is 0.409. The number of carbonyl (C=O) groups excluding carboxylic acids is 2. The number of carbonyl (C=O) groups is 2. The normalized spacial score (nSPS) is 18.7. The Morgan fingerprint density at radius 3 is 2.53 bits per heavy atom. The molecule has 1 saturated heterocycles. The van der Waals surface area contributed by atoms with Crippen LogP contribution in [0.1, 0.15) is 38.2 Å². The molecule has 0 spiro atoms. The summed E-state index contributed by atoms with van der Waals surface area (Å²) in [5.41, 5.74) is 6.94. The molecule has 8 nitrogen and oxygen atoms in total. The first-order valence-corrected chi connectivity index (χ1v) is 9.92. The number of nitrogens with zero attached hydrogens (tertiary/aromatic N) is 2. The molecule has 2 aliphatic heterocycles. The lowest BCUT2D eigenvalue weighted by atomic mass is 9.83. The molecule has 0 unspecified atom stereocenters. The summed E-state index contributed by atoms with van der Waals surface area (Å²) in [4.78, 5) is 26.5. The summed E-state index contributed by atoms with van der Waals surface area (Å²) in [6, 6.07) is 8.92. The second-order valence-corrected chi connectivity index (χ2v) is 7.06. The first-order valence-electron chi connectivity index (χ1n) is 9.92. The number of nitrogens with two attached hydrogens (primary N) is 1. The number of esters is 1. The highest BCUT2D eigenvalue weighted by Gasteiger charge is 2.36. The van der Waals surface area contributed by atoms with E-state index in [0.29, 0.717) is 17.1 Å². The van der Waals surface area contributed by atoms with Crippen LogP contribution in [0.15, 0.2) is 47.1 Å². The Kier molecular flexibility index (Phi) is 6.62. The summed E-state index contributed by atoms with van der Waals surface area (Å²) in [6.07, 6.45) is 2.05. The van der Waals surface area contributed by atoms with Crippen molar-refractivity contribution in [3.8, 4) is 11.8 Å². The zero-order valence-corrected chi connectivity index (χ0v) is 17.1. The number of hydrogen-bond acceptors (Lipinski definition) is 7. The number of hydrogen-bond donors (Lipinski definition) is 1. The summed E-state index contributed by atoms with van der Waals surface area (Å²) in [7, 11) is 0. The van der Waals surface area contributed by atoms with Gasteiger partial charge >= 0.3 is 5.97 Å². The van der Waals surface area contributed by atoms with Gasteiger partial charge in [-0.05, 0) is 44.4 Å². The largest absolute Gasteiger partial charge is 0.484 e. The lowest BCUT2D eigenvalue weighted by Crippen LogP contribution is -2.32. The minimum absolute atomic E-state index is 0.0278. The van der Waals surface area contributed by atoms with Gasteiger partial charge in [0.1, 0.15) is 23.2 Å². The molecule has 0 bridgehead atoms. The van der Waals surface area contributed by atoms with Gasteiger partial charge in [-0.25, -0.2) is 4.79 Å². The van der Waals surface area contributed by atoms with Gasteiger partial charge in [0, 0.05) is 13.1 Å². The highest BCUT2D eigenvalue weighted by Crippen LogP contribution is 2.39. The van der Waals surface area contributed by atoms with Gasteiger partial charge in [-0.1, -0.05) is 12.1 Å². The van der Waals surface area contributed by atoms with E-state index in [-0.39, 0.29) is 36.2 Å². The van der Waals surface area contributed by atoms with E-state index >= 15 is 0 Å². The second-order valence-electron chi connectivity index (χ2n) is 7.06. The average molecular weight is 411 g/mol. The van der Waals surface area contributed by atoms with Crippen LogP contribution in [0.4, 0.5) is 0 Å². The standard InChI is InChI=1S/C22H25N3O5/c1-3-28-22(27)19-14(2)30-21(24)17(12-23)20(19)15-6-8-16(9-7-15)29-13-18(26)25-10-4-5-11-25/h6-9,20H,3-5,10-11,13,24H2,1-2H3/t20-/m1/s1. The Labute approximate surface area is 175 Å². The van der Waals surface area contributed by atoms with Crippen LogP contribution in [0.5, 0.6) is 5.75 Å². The summed E-state index contributed by atoms with van der Waals surface area (Å²) in [5.74, 6) is -0.519. The maximum absolute atomic E-state index is 12.5. The van der Waals surface area contributed by atoms with Gasteiger partial charge in [0.2, 0.25) is 5.88 Å². The molecule has 0 saturated carbocycles. The number of ether oxygens (including phenoxy) is 3. The van der Waals surface area contributed by atoms with Crippen molar-refractivity contribution < 1.29 is 23.8 Å². The SMILES string of the molecule is CCOC(=O)C1=C(C)OC(N)=C(C#N)[C@H]1c1ccc(OCC(=O)N2CCCC2)cc1. The zero-order chi connectivity index (χ0) is 21.7. The summed E-state index contributed by atoms with van der Waals surface area (Å²) < 4.78 is 16.2. The van der Waals surface area contributed by atoms with Crippen molar-refractivity contribution in [3.05, 3.63) is 52.6 Å². The third kappa shape index (κ3) is 4.40. The van der Waals surface area contributed by atoms with E-state index in [9.17, 15) is 14.9 Å². The third-order valence-corrected chi connectivity index (χ3v) is 5.14. The fourth-order valence-electron chi connectivity index (χ4n) is 3.65. The van der Waals surface area contributed by atoms with Crippen LogP contribution < -0.4 is 10.5 Å². The smallest absolute Gasteiger partial charge is 0.338 e. The quantitative estimate of drug-likeness (QED) is 0.714. The number of rotatable bonds is 6. The molecule has 1 aromatic carbocycles. The van der Waals surface area contributed by atoms with Gasteiger partial charge in [0.05, 0.1) is 18.1 Å². The molecule has 1 fully saturated rings. The van der Waals surface area contributed by atoms with Crippen LogP contribution in [-0.4, -0.2) is 43.1 Å². The molecule has 0 radical (unpaired) electrons. The molecule has 0 aromatic heterocycles. The lowest BCUT2D eigenvalue weighted by molar-refractivity contribution is -0.139. The van der Waals surface area contributed by atoms with Crippen molar-refractivity contribution in [2.24, 2.45) is 5.73 Å². The van der Waals surface area contributed by atoms with Gasteiger partial charge in [-0.3, -0.25) is 4.79 Å². The molecule has 2 heterocycles.